The molecule has 0 amide bonds. The van der Waals surface area contributed by atoms with Crippen molar-refractivity contribution in [1.82, 2.24) is 15.1 Å². The fraction of sp³-hybridized carbons (Fsp3) is 0.714. The van der Waals surface area contributed by atoms with Crippen LogP contribution < -0.4 is 5.32 Å². The molecule has 3 N–H and O–H groups in total. The summed E-state index contributed by atoms with van der Waals surface area (Å²) >= 11 is 0. The van der Waals surface area contributed by atoms with Crippen LogP contribution in [-0.2, 0) is 18.3 Å². The van der Waals surface area contributed by atoms with Crippen molar-refractivity contribution in [2.45, 2.75) is 37.7 Å². The minimum atomic E-state index is -0.752. The van der Waals surface area contributed by atoms with E-state index in [9.17, 15) is 9.90 Å². The highest BCUT2D eigenvalue weighted by Crippen LogP contribution is 2.31. The maximum Gasteiger partial charge on any atom is 0.306 e. The molecule has 6 nitrogen and oxygen atoms in total. The molecule has 0 aromatic carbocycles. The third-order valence-electron chi connectivity index (χ3n) is 4.20. The van der Waals surface area contributed by atoms with E-state index >= 15 is 0 Å². The van der Waals surface area contributed by atoms with Gasteiger partial charge in [0.1, 0.15) is 0 Å². The number of carboxylic acids is 1. The van der Waals surface area contributed by atoms with Gasteiger partial charge in [0.25, 0.3) is 0 Å². The van der Waals surface area contributed by atoms with Crippen molar-refractivity contribution >= 4 is 5.97 Å². The number of aryl methyl sites for hydroxylation is 1. The van der Waals surface area contributed by atoms with Crippen molar-refractivity contribution in [3.8, 4) is 0 Å². The van der Waals surface area contributed by atoms with E-state index in [1.165, 1.54) is 0 Å². The van der Waals surface area contributed by atoms with Crippen LogP contribution in [0.3, 0.4) is 0 Å². The molecular formula is C14H23N3O3. The van der Waals surface area contributed by atoms with Crippen LogP contribution in [-0.4, -0.2) is 44.7 Å². The molecule has 0 unspecified atom stereocenters. The molecule has 112 valence electrons. The van der Waals surface area contributed by atoms with Crippen LogP contribution in [0.25, 0.3) is 0 Å². The van der Waals surface area contributed by atoms with E-state index < -0.39 is 11.6 Å². The maximum absolute atomic E-state index is 10.9. The Bertz CT molecular complexity index is 450. The summed E-state index contributed by atoms with van der Waals surface area (Å²) in [6.45, 7) is 1.31. The topological polar surface area (TPSA) is 87.4 Å². The molecule has 1 aromatic rings. The normalized spacial score (nSPS) is 26.6. The Balaban J connectivity index is 1.69. The number of aromatic nitrogens is 2. The second kappa shape index (κ2) is 6.37. The number of aliphatic hydroxyl groups is 1. The fourth-order valence-electron chi connectivity index (χ4n) is 2.76. The molecule has 0 spiro atoms. The molecule has 0 atom stereocenters. The van der Waals surface area contributed by atoms with Crippen molar-refractivity contribution in [2.24, 2.45) is 13.0 Å². The van der Waals surface area contributed by atoms with Crippen molar-refractivity contribution in [3.63, 3.8) is 0 Å². The van der Waals surface area contributed by atoms with Crippen molar-refractivity contribution in [1.29, 1.82) is 0 Å². The number of hydrogen-bond acceptors (Lipinski definition) is 4. The second-order valence-corrected chi connectivity index (χ2v) is 5.71. The van der Waals surface area contributed by atoms with Gasteiger partial charge in [-0.2, -0.15) is 5.10 Å². The van der Waals surface area contributed by atoms with Gasteiger partial charge < -0.3 is 15.5 Å². The molecule has 1 aromatic heterocycles. The summed E-state index contributed by atoms with van der Waals surface area (Å²) in [5, 5.41) is 26.7. The van der Waals surface area contributed by atoms with E-state index in [1.807, 2.05) is 17.8 Å². The molecule has 1 aliphatic rings. The SMILES string of the molecule is Cn1nccc1CCNCC1(O)CCC(C(=O)O)CC1. The predicted octanol–water partition coefficient (Wildman–Crippen LogP) is 0.558. The summed E-state index contributed by atoms with van der Waals surface area (Å²) in [6, 6.07) is 1.98. The molecule has 1 heterocycles. The minimum Gasteiger partial charge on any atom is -0.481 e. The number of carbonyl (C=O) groups is 1. The summed E-state index contributed by atoms with van der Waals surface area (Å²) in [6.07, 6.45) is 4.89. The lowest BCUT2D eigenvalue weighted by Crippen LogP contribution is -2.44. The minimum absolute atomic E-state index is 0.287. The highest BCUT2D eigenvalue weighted by molar-refractivity contribution is 5.70. The molecule has 0 radical (unpaired) electrons. The van der Waals surface area contributed by atoms with Crippen molar-refractivity contribution in [3.05, 3.63) is 18.0 Å². The van der Waals surface area contributed by atoms with E-state index in [2.05, 4.69) is 10.4 Å². The average molecular weight is 281 g/mol. The van der Waals surface area contributed by atoms with Gasteiger partial charge in [0.15, 0.2) is 0 Å². The van der Waals surface area contributed by atoms with Crippen LogP contribution in [0.15, 0.2) is 12.3 Å². The molecule has 1 saturated carbocycles. The monoisotopic (exact) mass is 281 g/mol. The van der Waals surface area contributed by atoms with Crippen LogP contribution in [0.1, 0.15) is 31.4 Å². The molecule has 0 bridgehead atoms. The highest BCUT2D eigenvalue weighted by atomic mass is 16.4. The number of rotatable bonds is 6. The van der Waals surface area contributed by atoms with E-state index in [0.29, 0.717) is 32.2 Å². The van der Waals surface area contributed by atoms with Crippen LogP contribution in [0.5, 0.6) is 0 Å². The van der Waals surface area contributed by atoms with Gasteiger partial charge >= 0.3 is 5.97 Å². The molecule has 20 heavy (non-hydrogen) atoms. The molecule has 1 fully saturated rings. The van der Waals surface area contributed by atoms with E-state index in [0.717, 1.165) is 18.7 Å². The lowest BCUT2D eigenvalue weighted by Gasteiger charge is -2.34. The lowest BCUT2D eigenvalue weighted by atomic mass is 9.79. The van der Waals surface area contributed by atoms with Gasteiger partial charge in [0, 0.05) is 38.4 Å². The summed E-state index contributed by atoms with van der Waals surface area (Å²) < 4.78 is 1.84. The van der Waals surface area contributed by atoms with Crippen LogP contribution in [0.2, 0.25) is 0 Å². The summed E-state index contributed by atoms with van der Waals surface area (Å²) in [5.41, 5.74) is 0.400. The Kier molecular flexibility index (Phi) is 4.77. The third kappa shape index (κ3) is 3.80. The molecule has 0 saturated heterocycles. The van der Waals surface area contributed by atoms with E-state index in [-0.39, 0.29) is 5.92 Å². The third-order valence-corrected chi connectivity index (χ3v) is 4.20. The van der Waals surface area contributed by atoms with Crippen LogP contribution in [0, 0.1) is 5.92 Å². The molecule has 2 rings (SSSR count). The second-order valence-electron chi connectivity index (χ2n) is 5.71. The number of hydrogen-bond donors (Lipinski definition) is 3. The van der Waals surface area contributed by atoms with Gasteiger partial charge in [0.2, 0.25) is 0 Å². The van der Waals surface area contributed by atoms with Crippen LogP contribution in [0.4, 0.5) is 0 Å². The average Bonchev–Trinajstić information content (AvgIpc) is 2.81. The van der Waals surface area contributed by atoms with E-state index in [1.54, 1.807) is 6.20 Å². The number of aliphatic carboxylic acids is 1. The summed E-state index contributed by atoms with van der Waals surface area (Å²) in [4.78, 5) is 10.9. The summed E-state index contributed by atoms with van der Waals surface area (Å²) in [5.74, 6) is -1.03. The van der Waals surface area contributed by atoms with Crippen LogP contribution >= 0.6 is 0 Å². The number of carboxylic acid groups (broad SMARTS) is 1. The molecule has 6 heteroatoms. The molecular weight excluding hydrogens is 258 g/mol. The van der Waals surface area contributed by atoms with E-state index in [4.69, 9.17) is 5.11 Å². The standard InChI is InChI=1S/C14H23N3O3/c1-17-12(5-9-16-17)4-8-15-10-14(20)6-2-11(3-7-14)13(18)19/h5,9,11,15,20H,2-4,6-8,10H2,1H3,(H,18,19). The Morgan fingerprint density at radius 1 is 1.55 bits per heavy atom. The zero-order valence-corrected chi connectivity index (χ0v) is 11.9. The van der Waals surface area contributed by atoms with Gasteiger partial charge in [-0.15, -0.1) is 0 Å². The number of nitrogens with one attached hydrogen (secondary N) is 1. The molecule has 1 aliphatic carbocycles. The molecule has 0 aliphatic heterocycles. The number of nitrogens with zero attached hydrogens (tertiary/aromatic N) is 2. The van der Waals surface area contributed by atoms with Gasteiger partial charge in [0.05, 0.1) is 11.5 Å². The van der Waals surface area contributed by atoms with Gasteiger partial charge in [-0.25, -0.2) is 0 Å². The quantitative estimate of drug-likeness (QED) is 0.663. The zero-order chi connectivity index (χ0) is 14.6. The first kappa shape index (κ1) is 15.0. The zero-order valence-electron chi connectivity index (χ0n) is 11.9. The fourth-order valence-corrected chi connectivity index (χ4v) is 2.76. The van der Waals surface area contributed by atoms with Gasteiger partial charge in [-0.05, 0) is 31.7 Å². The Hall–Kier alpha value is -1.40. The van der Waals surface area contributed by atoms with Crippen molar-refractivity contribution < 1.29 is 15.0 Å². The smallest absolute Gasteiger partial charge is 0.306 e. The Morgan fingerprint density at radius 3 is 2.80 bits per heavy atom. The van der Waals surface area contributed by atoms with Gasteiger partial charge in [-0.1, -0.05) is 0 Å². The highest BCUT2D eigenvalue weighted by Gasteiger charge is 2.35. The first-order chi connectivity index (χ1) is 9.50. The lowest BCUT2D eigenvalue weighted by molar-refractivity contribution is -0.144. The first-order valence-corrected chi connectivity index (χ1v) is 7.13. The Labute approximate surface area is 118 Å². The first-order valence-electron chi connectivity index (χ1n) is 7.13. The van der Waals surface area contributed by atoms with Crippen molar-refractivity contribution in [2.75, 3.05) is 13.1 Å². The van der Waals surface area contributed by atoms with Gasteiger partial charge in [-0.3, -0.25) is 9.48 Å². The maximum atomic E-state index is 10.9. The Morgan fingerprint density at radius 2 is 2.25 bits per heavy atom. The predicted molar refractivity (Wildman–Crippen MR) is 74.3 cm³/mol. The largest absolute Gasteiger partial charge is 0.481 e. The summed E-state index contributed by atoms with van der Waals surface area (Å²) in [7, 11) is 1.91.